The molecule has 0 spiro atoms. The standard InChI is InChI=1S/C17H18N6OS/c1-19-6-7-23-12-3-2-11(21-14(24)8-18)17-15(12)16(22-23)10-4-5-20-9-13(10)25-17/h2-5,9,19H,6-8,18H2,1H3,(H,21,24). The van der Waals surface area contributed by atoms with Gasteiger partial charge in [-0.05, 0) is 25.2 Å². The zero-order valence-electron chi connectivity index (χ0n) is 13.7. The molecule has 0 atom stereocenters. The Kier molecular flexibility index (Phi) is 4.16. The number of aromatic nitrogens is 3. The van der Waals surface area contributed by atoms with E-state index < -0.39 is 0 Å². The Hall–Kier alpha value is -2.42. The van der Waals surface area contributed by atoms with E-state index in [-0.39, 0.29) is 12.5 Å². The largest absolute Gasteiger partial charge is 0.324 e. The van der Waals surface area contributed by atoms with Crippen molar-refractivity contribution in [3.63, 3.8) is 0 Å². The van der Waals surface area contributed by atoms with Crippen LogP contribution in [0.1, 0.15) is 0 Å². The summed E-state index contributed by atoms with van der Waals surface area (Å²) in [6, 6.07) is 5.91. The van der Waals surface area contributed by atoms with E-state index in [9.17, 15) is 4.79 Å². The van der Waals surface area contributed by atoms with Crippen LogP contribution in [-0.2, 0) is 11.3 Å². The maximum atomic E-state index is 11.8. The van der Waals surface area contributed by atoms with Gasteiger partial charge in [0.2, 0.25) is 5.91 Å². The molecule has 128 valence electrons. The molecule has 0 saturated carbocycles. The first-order valence-electron chi connectivity index (χ1n) is 8.03. The van der Waals surface area contributed by atoms with Crippen LogP contribution >= 0.6 is 11.8 Å². The molecule has 1 aliphatic heterocycles. The highest BCUT2D eigenvalue weighted by Crippen LogP contribution is 2.49. The minimum atomic E-state index is -0.211. The van der Waals surface area contributed by atoms with Crippen molar-refractivity contribution in [1.29, 1.82) is 0 Å². The van der Waals surface area contributed by atoms with Gasteiger partial charge < -0.3 is 16.4 Å². The number of nitrogens with one attached hydrogen (secondary N) is 2. The number of carbonyl (C=O) groups is 1. The van der Waals surface area contributed by atoms with Crippen molar-refractivity contribution in [3.8, 4) is 11.3 Å². The van der Waals surface area contributed by atoms with Crippen molar-refractivity contribution in [2.75, 3.05) is 25.5 Å². The molecule has 0 radical (unpaired) electrons. The molecule has 1 aromatic carbocycles. The third-order valence-corrected chi connectivity index (χ3v) is 5.33. The number of carbonyl (C=O) groups excluding carboxylic acids is 1. The number of benzene rings is 1. The summed E-state index contributed by atoms with van der Waals surface area (Å²) in [4.78, 5) is 18.0. The van der Waals surface area contributed by atoms with Crippen LogP contribution < -0.4 is 16.4 Å². The van der Waals surface area contributed by atoms with Crippen molar-refractivity contribution in [2.24, 2.45) is 5.73 Å². The lowest BCUT2D eigenvalue weighted by molar-refractivity contribution is -0.114. The Balaban J connectivity index is 1.94. The fourth-order valence-corrected chi connectivity index (χ4v) is 4.13. The summed E-state index contributed by atoms with van der Waals surface area (Å²) < 4.78 is 2.01. The fraction of sp³-hybridized carbons (Fsp3) is 0.235. The highest BCUT2D eigenvalue weighted by molar-refractivity contribution is 8.00. The molecular weight excluding hydrogens is 336 g/mol. The minimum absolute atomic E-state index is 0.0470. The molecule has 7 nitrogen and oxygen atoms in total. The molecule has 0 unspecified atom stereocenters. The van der Waals surface area contributed by atoms with Gasteiger partial charge in [-0.25, -0.2) is 0 Å². The first-order valence-corrected chi connectivity index (χ1v) is 8.85. The highest BCUT2D eigenvalue weighted by Gasteiger charge is 2.26. The quantitative estimate of drug-likeness (QED) is 0.504. The summed E-state index contributed by atoms with van der Waals surface area (Å²) in [6.07, 6.45) is 3.62. The van der Waals surface area contributed by atoms with Gasteiger partial charge in [-0.3, -0.25) is 14.5 Å². The molecule has 8 heteroatoms. The molecule has 3 aromatic rings. The first-order chi connectivity index (χ1) is 12.2. The topological polar surface area (TPSA) is 97.9 Å². The molecule has 0 fully saturated rings. The molecule has 0 bridgehead atoms. The summed E-state index contributed by atoms with van der Waals surface area (Å²) in [5.74, 6) is -0.211. The molecule has 1 amide bonds. The van der Waals surface area contributed by atoms with Gasteiger partial charge in [0.1, 0.15) is 5.69 Å². The van der Waals surface area contributed by atoms with E-state index in [0.717, 1.165) is 50.7 Å². The number of likely N-dealkylation sites (N-methyl/N-ethyl adjacent to an activating group) is 1. The van der Waals surface area contributed by atoms with Crippen molar-refractivity contribution < 1.29 is 4.79 Å². The third-order valence-electron chi connectivity index (χ3n) is 4.16. The SMILES string of the molecule is CNCCn1nc2c3c(c(NC(=O)CN)ccc31)Sc1cnccc1-2. The van der Waals surface area contributed by atoms with Crippen LogP contribution in [0.25, 0.3) is 22.2 Å². The summed E-state index contributed by atoms with van der Waals surface area (Å²) >= 11 is 1.60. The maximum absolute atomic E-state index is 11.8. The second-order valence-electron chi connectivity index (χ2n) is 5.74. The van der Waals surface area contributed by atoms with Crippen LogP contribution in [0.15, 0.2) is 40.4 Å². The molecule has 0 aliphatic carbocycles. The van der Waals surface area contributed by atoms with Gasteiger partial charge in [0, 0.05) is 39.7 Å². The first kappa shape index (κ1) is 16.1. The summed E-state index contributed by atoms with van der Waals surface area (Å²) in [5, 5.41) is 12.0. The molecule has 0 saturated heterocycles. The smallest absolute Gasteiger partial charge is 0.238 e. The van der Waals surface area contributed by atoms with E-state index in [2.05, 4.69) is 15.6 Å². The number of amides is 1. The Bertz CT molecular complexity index is 967. The van der Waals surface area contributed by atoms with Gasteiger partial charge in [0.05, 0.1) is 24.3 Å². The fourth-order valence-electron chi connectivity index (χ4n) is 2.99. The lowest BCUT2D eigenvalue weighted by Gasteiger charge is -2.18. The van der Waals surface area contributed by atoms with E-state index >= 15 is 0 Å². The Labute approximate surface area is 149 Å². The molecule has 2 aromatic heterocycles. The predicted molar refractivity (Wildman–Crippen MR) is 98.7 cm³/mol. The Morgan fingerprint density at radius 2 is 2.24 bits per heavy atom. The number of fused-ring (bicyclic) bond motifs is 2. The van der Waals surface area contributed by atoms with Crippen molar-refractivity contribution in [1.82, 2.24) is 20.1 Å². The maximum Gasteiger partial charge on any atom is 0.238 e. The van der Waals surface area contributed by atoms with Crippen molar-refractivity contribution in [2.45, 2.75) is 16.3 Å². The van der Waals surface area contributed by atoms with Crippen LogP contribution in [0.3, 0.4) is 0 Å². The average Bonchev–Trinajstić information content (AvgIpc) is 3.02. The van der Waals surface area contributed by atoms with Crippen LogP contribution in [0, 0.1) is 0 Å². The Morgan fingerprint density at radius 3 is 3.04 bits per heavy atom. The molecule has 4 N–H and O–H groups in total. The lowest BCUT2D eigenvalue weighted by atomic mass is 10.1. The van der Waals surface area contributed by atoms with E-state index in [0.29, 0.717) is 0 Å². The number of anilines is 1. The number of pyridine rings is 1. The number of hydrogen-bond donors (Lipinski definition) is 3. The Morgan fingerprint density at radius 1 is 1.36 bits per heavy atom. The second kappa shape index (κ2) is 6.47. The molecular formula is C17H18N6OS. The van der Waals surface area contributed by atoms with Gasteiger partial charge in [-0.15, -0.1) is 0 Å². The van der Waals surface area contributed by atoms with E-state index in [1.165, 1.54) is 0 Å². The molecule has 1 aliphatic rings. The van der Waals surface area contributed by atoms with Crippen LogP contribution in [0.4, 0.5) is 5.69 Å². The van der Waals surface area contributed by atoms with E-state index in [1.54, 1.807) is 18.0 Å². The minimum Gasteiger partial charge on any atom is -0.324 e. The van der Waals surface area contributed by atoms with Gasteiger partial charge in [0.25, 0.3) is 0 Å². The zero-order valence-corrected chi connectivity index (χ0v) is 14.6. The van der Waals surface area contributed by atoms with Gasteiger partial charge in [-0.2, -0.15) is 5.10 Å². The number of nitrogens with two attached hydrogens (primary N) is 1. The normalized spacial score (nSPS) is 12.2. The average molecular weight is 354 g/mol. The number of nitrogens with zero attached hydrogens (tertiary/aromatic N) is 3. The van der Waals surface area contributed by atoms with Crippen molar-refractivity contribution >= 4 is 34.3 Å². The summed E-state index contributed by atoms with van der Waals surface area (Å²) in [6.45, 7) is 1.55. The lowest BCUT2D eigenvalue weighted by Crippen LogP contribution is -2.22. The summed E-state index contributed by atoms with van der Waals surface area (Å²) in [5.41, 5.74) is 9.27. The number of hydrogen-bond acceptors (Lipinski definition) is 6. The summed E-state index contributed by atoms with van der Waals surface area (Å²) in [7, 11) is 1.92. The van der Waals surface area contributed by atoms with Crippen LogP contribution in [0.5, 0.6) is 0 Å². The molecule has 25 heavy (non-hydrogen) atoms. The second-order valence-corrected chi connectivity index (χ2v) is 6.79. The molecule has 3 heterocycles. The van der Waals surface area contributed by atoms with Gasteiger partial charge >= 0.3 is 0 Å². The monoisotopic (exact) mass is 354 g/mol. The van der Waals surface area contributed by atoms with E-state index in [4.69, 9.17) is 10.8 Å². The van der Waals surface area contributed by atoms with Gasteiger partial charge in [-0.1, -0.05) is 11.8 Å². The highest BCUT2D eigenvalue weighted by atomic mass is 32.2. The van der Waals surface area contributed by atoms with E-state index in [1.807, 2.05) is 36.1 Å². The van der Waals surface area contributed by atoms with Gasteiger partial charge in [0.15, 0.2) is 0 Å². The third kappa shape index (κ3) is 2.68. The number of rotatable bonds is 5. The van der Waals surface area contributed by atoms with Crippen LogP contribution in [-0.4, -0.2) is 40.8 Å². The van der Waals surface area contributed by atoms with Crippen molar-refractivity contribution in [3.05, 3.63) is 30.6 Å². The van der Waals surface area contributed by atoms with Crippen LogP contribution in [0.2, 0.25) is 0 Å². The molecule has 4 rings (SSSR count). The predicted octanol–water partition coefficient (Wildman–Crippen LogP) is 1.68. The zero-order chi connectivity index (χ0) is 17.4.